The van der Waals surface area contributed by atoms with E-state index in [0.29, 0.717) is 0 Å². The van der Waals surface area contributed by atoms with Crippen LogP contribution >= 0.6 is 0 Å². The normalized spacial score (nSPS) is 28.8. The molecule has 0 radical (unpaired) electrons. The monoisotopic (exact) mass is 175 g/mol. The zero-order valence-corrected chi connectivity index (χ0v) is 7.92. The summed E-state index contributed by atoms with van der Waals surface area (Å²) in [5.74, 6) is -0.556. The fraction of sp³-hybridized carbons (Fsp3) is 1.00. The number of nitrogens with one attached hydrogen (secondary N) is 1. The highest BCUT2D eigenvalue weighted by molar-refractivity contribution is 4.87. The minimum absolute atomic E-state index is 0.0266. The lowest BCUT2D eigenvalue weighted by Gasteiger charge is -2.40. The van der Waals surface area contributed by atoms with Gasteiger partial charge in [0.25, 0.3) is 0 Å². The third-order valence-electron chi connectivity index (χ3n) is 2.45. The van der Waals surface area contributed by atoms with Gasteiger partial charge in [-0.3, -0.25) is 0 Å². The second-order valence-electron chi connectivity index (χ2n) is 2.90. The highest BCUT2D eigenvalue weighted by atomic mass is 16.7. The van der Waals surface area contributed by atoms with Crippen molar-refractivity contribution in [2.24, 2.45) is 0 Å². The van der Waals surface area contributed by atoms with Crippen LogP contribution < -0.4 is 5.32 Å². The smallest absolute Gasteiger partial charge is 0.196 e. The molecule has 1 aliphatic heterocycles. The van der Waals surface area contributed by atoms with Gasteiger partial charge < -0.3 is 19.5 Å². The molecule has 1 atom stereocenters. The fourth-order valence-corrected chi connectivity index (χ4v) is 1.63. The number of hydrogen-bond donors (Lipinski definition) is 1. The molecule has 72 valence electrons. The maximum absolute atomic E-state index is 5.34. The Kier molecular flexibility index (Phi) is 3.46. The molecule has 1 saturated heterocycles. The lowest BCUT2D eigenvalue weighted by Crippen LogP contribution is -2.57. The maximum Gasteiger partial charge on any atom is 0.196 e. The summed E-state index contributed by atoms with van der Waals surface area (Å²) < 4.78 is 16.0. The van der Waals surface area contributed by atoms with Crippen LogP contribution in [0.4, 0.5) is 0 Å². The van der Waals surface area contributed by atoms with Crippen molar-refractivity contribution >= 4 is 0 Å². The van der Waals surface area contributed by atoms with Crippen molar-refractivity contribution in [3.63, 3.8) is 0 Å². The van der Waals surface area contributed by atoms with Crippen molar-refractivity contribution in [3.05, 3.63) is 0 Å². The van der Waals surface area contributed by atoms with Crippen LogP contribution in [0, 0.1) is 0 Å². The SMILES string of the molecule is CO[C@@H]1CNCCC1(OC)OC. The van der Waals surface area contributed by atoms with Crippen LogP contribution in [-0.2, 0) is 14.2 Å². The van der Waals surface area contributed by atoms with Crippen molar-refractivity contribution < 1.29 is 14.2 Å². The summed E-state index contributed by atoms with van der Waals surface area (Å²) in [5, 5.41) is 3.22. The molecule has 0 unspecified atom stereocenters. The molecular formula is C8H17NO3. The first-order chi connectivity index (χ1) is 5.79. The molecule has 4 heteroatoms. The van der Waals surface area contributed by atoms with Gasteiger partial charge in [0.1, 0.15) is 6.10 Å². The van der Waals surface area contributed by atoms with Gasteiger partial charge in [0.15, 0.2) is 5.79 Å². The third-order valence-corrected chi connectivity index (χ3v) is 2.45. The highest BCUT2D eigenvalue weighted by Crippen LogP contribution is 2.25. The molecule has 12 heavy (non-hydrogen) atoms. The van der Waals surface area contributed by atoms with Gasteiger partial charge in [0, 0.05) is 40.8 Å². The molecule has 1 N–H and O–H groups in total. The molecule has 0 aromatic carbocycles. The predicted molar refractivity (Wildman–Crippen MR) is 45.0 cm³/mol. The highest BCUT2D eigenvalue weighted by Gasteiger charge is 2.41. The Labute approximate surface area is 73.2 Å². The number of rotatable bonds is 3. The lowest BCUT2D eigenvalue weighted by atomic mass is 10.0. The Bertz CT molecular complexity index is 136. The van der Waals surface area contributed by atoms with Crippen LogP contribution in [0.2, 0.25) is 0 Å². The van der Waals surface area contributed by atoms with E-state index in [1.54, 1.807) is 21.3 Å². The number of methoxy groups -OCH3 is 3. The number of piperidine rings is 1. The van der Waals surface area contributed by atoms with Crippen molar-refractivity contribution in [2.45, 2.75) is 18.3 Å². The van der Waals surface area contributed by atoms with E-state index in [9.17, 15) is 0 Å². The van der Waals surface area contributed by atoms with Crippen molar-refractivity contribution in [2.75, 3.05) is 34.4 Å². The molecule has 0 aromatic heterocycles. The van der Waals surface area contributed by atoms with E-state index in [1.807, 2.05) is 0 Å². The molecule has 1 rings (SSSR count). The Hall–Kier alpha value is -0.160. The van der Waals surface area contributed by atoms with E-state index in [-0.39, 0.29) is 6.10 Å². The lowest BCUT2D eigenvalue weighted by molar-refractivity contribution is -0.273. The third kappa shape index (κ3) is 1.61. The van der Waals surface area contributed by atoms with E-state index in [0.717, 1.165) is 19.5 Å². The van der Waals surface area contributed by atoms with Crippen LogP contribution in [0.5, 0.6) is 0 Å². The van der Waals surface area contributed by atoms with Crippen molar-refractivity contribution in [1.82, 2.24) is 5.32 Å². The van der Waals surface area contributed by atoms with Gasteiger partial charge in [0.05, 0.1) is 0 Å². The molecule has 0 bridgehead atoms. The molecule has 0 saturated carbocycles. The fourth-order valence-electron chi connectivity index (χ4n) is 1.63. The first-order valence-electron chi connectivity index (χ1n) is 4.13. The summed E-state index contributed by atoms with van der Waals surface area (Å²) in [4.78, 5) is 0. The van der Waals surface area contributed by atoms with Crippen LogP contribution in [-0.4, -0.2) is 46.3 Å². The van der Waals surface area contributed by atoms with Gasteiger partial charge in [-0.2, -0.15) is 0 Å². The van der Waals surface area contributed by atoms with Gasteiger partial charge in [0.2, 0.25) is 0 Å². The largest absolute Gasteiger partial charge is 0.375 e. The Morgan fingerprint density at radius 2 is 1.92 bits per heavy atom. The molecule has 1 fully saturated rings. The summed E-state index contributed by atoms with van der Waals surface area (Å²) in [5.41, 5.74) is 0. The number of ether oxygens (including phenoxy) is 3. The standard InChI is InChI=1S/C8H17NO3/c1-10-7-6-9-5-4-8(7,11-2)12-3/h7,9H,4-6H2,1-3H3/t7-/m1/s1. The molecule has 4 nitrogen and oxygen atoms in total. The van der Waals surface area contributed by atoms with Gasteiger partial charge in [-0.05, 0) is 0 Å². The summed E-state index contributed by atoms with van der Waals surface area (Å²) >= 11 is 0. The zero-order valence-electron chi connectivity index (χ0n) is 7.92. The van der Waals surface area contributed by atoms with Gasteiger partial charge in [-0.15, -0.1) is 0 Å². The van der Waals surface area contributed by atoms with Gasteiger partial charge >= 0.3 is 0 Å². The first kappa shape index (κ1) is 9.92. The Morgan fingerprint density at radius 3 is 2.33 bits per heavy atom. The van der Waals surface area contributed by atoms with Gasteiger partial charge in [-0.25, -0.2) is 0 Å². The average Bonchev–Trinajstić information content (AvgIpc) is 2.17. The van der Waals surface area contributed by atoms with E-state index < -0.39 is 5.79 Å². The van der Waals surface area contributed by atoms with Gasteiger partial charge in [-0.1, -0.05) is 0 Å². The minimum Gasteiger partial charge on any atom is -0.375 e. The van der Waals surface area contributed by atoms with Crippen LogP contribution in [0.25, 0.3) is 0 Å². The van der Waals surface area contributed by atoms with E-state index >= 15 is 0 Å². The summed E-state index contributed by atoms with van der Waals surface area (Å²) in [7, 11) is 4.98. The van der Waals surface area contributed by atoms with E-state index in [2.05, 4.69) is 5.32 Å². The molecule has 0 aromatic rings. The molecule has 0 aliphatic carbocycles. The van der Waals surface area contributed by atoms with Crippen LogP contribution in [0.1, 0.15) is 6.42 Å². The molecule has 0 spiro atoms. The number of hydrogen-bond acceptors (Lipinski definition) is 4. The van der Waals surface area contributed by atoms with Crippen molar-refractivity contribution in [1.29, 1.82) is 0 Å². The second-order valence-corrected chi connectivity index (χ2v) is 2.90. The summed E-state index contributed by atoms with van der Waals surface area (Å²) in [6.07, 6.45) is 0.791. The summed E-state index contributed by atoms with van der Waals surface area (Å²) in [6.45, 7) is 1.68. The quantitative estimate of drug-likeness (QED) is 0.612. The molecular weight excluding hydrogens is 158 g/mol. The van der Waals surface area contributed by atoms with E-state index in [4.69, 9.17) is 14.2 Å². The second kappa shape index (κ2) is 4.18. The molecule has 1 aliphatic rings. The van der Waals surface area contributed by atoms with Crippen LogP contribution in [0.15, 0.2) is 0 Å². The minimum atomic E-state index is -0.556. The maximum atomic E-state index is 5.34. The molecule has 1 heterocycles. The Balaban J connectivity index is 2.66. The topological polar surface area (TPSA) is 39.7 Å². The molecule has 0 amide bonds. The zero-order chi connectivity index (χ0) is 9.03. The Morgan fingerprint density at radius 1 is 1.25 bits per heavy atom. The summed E-state index contributed by atoms with van der Waals surface area (Å²) in [6, 6.07) is 0. The van der Waals surface area contributed by atoms with Crippen molar-refractivity contribution in [3.8, 4) is 0 Å². The predicted octanol–water partition coefficient (Wildman–Crippen LogP) is -0.0162. The van der Waals surface area contributed by atoms with E-state index in [1.165, 1.54) is 0 Å². The average molecular weight is 175 g/mol. The first-order valence-corrected chi connectivity index (χ1v) is 4.13. The van der Waals surface area contributed by atoms with Crippen LogP contribution in [0.3, 0.4) is 0 Å².